The first kappa shape index (κ1) is 17.8. The molecule has 2 heterocycles. The molecule has 0 aliphatic carbocycles. The highest BCUT2D eigenvalue weighted by molar-refractivity contribution is 9.10. The van der Waals surface area contributed by atoms with Crippen LogP contribution in [0.25, 0.3) is 22.3 Å². The Hall–Kier alpha value is -3.59. The lowest BCUT2D eigenvalue weighted by Gasteiger charge is -2.08. The predicted octanol–water partition coefficient (Wildman–Crippen LogP) is 5.01. The molecule has 0 spiro atoms. The Morgan fingerprint density at radius 1 is 1.11 bits per heavy atom. The average Bonchev–Trinajstić information content (AvgIpc) is 3.17. The molecular formula is C19H12BrN5O3. The molecule has 0 bridgehead atoms. The molecule has 4 aromatic rings. The number of benzene rings is 2. The van der Waals surface area contributed by atoms with E-state index in [1.807, 2.05) is 48.5 Å². The monoisotopic (exact) mass is 437 g/mol. The number of hydrogen-bond donors (Lipinski definition) is 1. The molecule has 138 valence electrons. The SMILES string of the molecule is O=[N+]([O-])c1ccc(/C=N/Nc2nc(-c3cccc(Br)c3)nc3ccccc23)o1. The zero-order chi connectivity index (χ0) is 19.5. The highest BCUT2D eigenvalue weighted by Gasteiger charge is 2.11. The number of aromatic nitrogens is 2. The van der Waals surface area contributed by atoms with E-state index in [1.54, 1.807) is 0 Å². The Morgan fingerprint density at radius 3 is 2.75 bits per heavy atom. The van der Waals surface area contributed by atoms with Crippen LogP contribution in [0, 0.1) is 10.1 Å². The zero-order valence-corrected chi connectivity index (χ0v) is 15.8. The first-order chi connectivity index (χ1) is 13.6. The van der Waals surface area contributed by atoms with E-state index in [9.17, 15) is 10.1 Å². The van der Waals surface area contributed by atoms with Gasteiger partial charge >= 0.3 is 5.88 Å². The van der Waals surface area contributed by atoms with Crippen molar-refractivity contribution in [3.05, 3.63) is 81.0 Å². The van der Waals surface area contributed by atoms with E-state index >= 15 is 0 Å². The van der Waals surface area contributed by atoms with E-state index in [4.69, 9.17) is 4.42 Å². The standard InChI is InChI=1S/C19H12BrN5O3/c20-13-5-3-4-12(10-13)18-22-16-7-2-1-6-15(16)19(23-18)24-21-11-14-8-9-17(28-14)25(26)27/h1-11H,(H,22,23,24)/b21-11+. The van der Waals surface area contributed by atoms with Gasteiger partial charge in [0.15, 0.2) is 17.4 Å². The Labute approximate surface area is 167 Å². The number of rotatable bonds is 5. The Morgan fingerprint density at radius 2 is 1.96 bits per heavy atom. The second-order valence-electron chi connectivity index (χ2n) is 5.73. The van der Waals surface area contributed by atoms with Crippen molar-refractivity contribution in [2.24, 2.45) is 5.10 Å². The number of halogens is 1. The molecule has 0 amide bonds. The molecule has 1 N–H and O–H groups in total. The third-order valence-electron chi connectivity index (χ3n) is 3.84. The topological polar surface area (TPSA) is 106 Å². The van der Waals surface area contributed by atoms with Gasteiger partial charge in [-0.3, -0.25) is 15.5 Å². The Balaban J connectivity index is 1.68. The fourth-order valence-corrected chi connectivity index (χ4v) is 2.98. The molecule has 0 saturated heterocycles. The van der Waals surface area contributed by atoms with Crippen molar-refractivity contribution in [3.8, 4) is 11.4 Å². The molecule has 0 saturated carbocycles. The predicted molar refractivity (Wildman–Crippen MR) is 109 cm³/mol. The summed E-state index contributed by atoms with van der Waals surface area (Å²) in [5.74, 6) is 0.972. The van der Waals surface area contributed by atoms with E-state index in [0.717, 1.165) is 20.9 Å². The van der Waals surface area contributed by atoms with Crippen LogP contribution in [0.1, 0.15) is 5.76 Å². The maximum atomic E-state index is 10.7. The Bertz CT molecular complexity index is 1210. The van der Waals surface area contributed by atoms with Crippen LogP contribution in [0.2, 0.25) is 0 Å². The van der Waals surface area contributed by atoms with E-state index in [2.05, 4.69) is 36.4 Å². The van der Waals surface area contributed by atoms with Gasteiger partial charge in [0.1, 0.15) is 4.92 Å². The molecule has 0 aliphatic rings. The third-order valence-corrected chi connectivity index (χ3v) is 4.33. The average molecular weight is 438 g/mol. The summed E-state index contributed by atoms with van der Waals surface area (Å²) in [6, 6.07) is 18.0. The summed E-state index contributed by atoms with van der Waals surface area (Å²) >= 11 is 3.45. The molecule has 0 atom stereocenters. The summed E-state index contributed by atoms with van der Waals surface area (Å²) in [5.41, 5.74) is 4.49. The van der Waals surface area contributed by atoms with E-state index in [-0.39, 0.29) is 11.6 Å². The number of anilines is 1. The lowest BCUT2D eigenvalue weighted by molar-refractivity contribution is -0.402. The highest BCUT2D eigenvalue weighted by atomic mass is 79.9. The van der Waals surface area contributed by atoms with Crippen molar-refractivity contribution in [3.63, 3.8) is 0 Å². The summed E-state index contributed by atoms with van der Waals surface area (Å²) < 4.78 is 5.98. The fourth-order valence-electron chi connectivity index (χ4n) is 2.59. The quantitative estimate of drug-likeness (QED) is 0.267. The van der Waals surface area contributed by atoms with E-state index in [0.29, 0.717) is 11.6 Å². The highest BCUT2D eigenvalue weighted by Crippen LogP contribution is 2.26. The first-order valence-electron chi connectivity index (χ1n) is 8.16. The lowest BCUT2D eigenvalue weighted by Crippen LogP contribution is -1.99. The van der Waals surface area contributed by atoms with E-state index in [1.165, 1.54) is 18.3 Å². The number of fused-ring (bicyclic) bond motifs is 1. The normalized spacial score (nSPS) is 11.2. The number of hydrazone groups is 1. The molecule has 4 rings (SSSR count). The van der Waals surface area contributed by atoms with Gasteiger partial charge in [0.05, 0.1) is 17.8 Å². The minimum Gasteiger partial charge on any atom is -0.400 e. The van der Waals surface area contributed by atoms with Crippen LogP contribution >= 0.6 is 15.9 Å². The van der Waals surface area contributed by atoms with Crippen LogP contribution in [-0.4, -0.2) is 21.1 Å². The van der Waals surface area contributed by atoms with Crippen molar-refractivity contribution < 1.29 is 9.34 Å². The van der Waals surface area contributed by atoms with Gasteiger partial charge in [0.2, 0.25) is 0 Å². The summed E-state index contributed by atoms with van der Waals surface area (Å²) in [6.45, 7) is 0. The van der Waals surface area contributed by atoms with Gasteiger partial charge in [0.25, 0.3) is 0 Å². The van der Waals surface area contributed by atoms with Gasteiger partial charge in [-0.05, 0) is 30.3 Å². The van der Waals surface area contributed by atoms with Crippen LogP contribution < -0.4 is 5.43 Å². The zero-order valence-electron chi connectivity index (χ0n) is 14.2. The molecule has 2 aromatic carbocycles. The van der Waals surface area contributed by atoms with Crippen molar-refractivity contribution in [2.75, 3.05) is 5.43 Å². The number of nitro groups is 1. The second-order valence-corrected chi connectivity index (χ2v) is 6.64. The number of hydrogen-bond acceptors (Lipinski definition) is 7. The maximum absolute atomic E-state index is 10.7. The summed E-state index contributed by atoms with van der Waals surface area (Å²) in [7, 11) is 0. The fraction of sp³-hybridized carbons (Fsp3) is 0. The third kappa shape index (κ3) is 3.74. The number of nitrogens with zero attached hydrogens (tertiary/aromatic N) is 4. The molecule has 0 unspecified atom stereocenters. The van der Waals surface area contributed by atoms with Gasteiger partial charge < -0.3 is 4.42 Å². The van der Waals surface area contributed by atoms with Crippen LogP contribution in [0.3, 0.4) is 0 Å². The van der Waals surface area contributed by atoms with Crippen LogP contribution in [0.4, 0.5) is 11.7 Å². The summed E-state index contributed by atoms with van der Waals surface area (Å²) in [5, 5.41) is 15.6. The van der Waals surface area contributed by atoms with Crippen molar-refractivity contribution >= 4 is 44.7 Å². The van der Waals surface area contributed by atoms with Gasteiger partial charge in [0, 0.05) is 15.4 Å². The lowest BCUT2D eigenvalue weighted by atomic mass is 10.2. The van der Waals surface area contributed by atoms with Gasteiger partial charge in [-0.2, -0.15) is 5.10 Å². The van der Waals surface area contributed by atoms with Gasteiger partial charge in [-0.1, -0.05) is 40.2 Å². The molecule has 8 nitrogen and oxygen atoms in total. The molecule has 0 fully saturated rings. The van der Waals surface area contributed by atoms with Crippen LogP contribution in [0.5, 0.6) is 0 Å². The molecular weight excluding hydrogens is 426 g/mol. The van der Waals surface area contributed by atoms with Crippen molar-refractivity contribution in [1.82, 2.24) is 9.97 Å². The number of furan rings is 1. The van der Waals surface area contributed by atoms with Crippen LogP contribution in [-0.2, 0) is 0 Å². The summed E-state index contributed by atoms with van der Waals surface area (Å²) in [4.78, 5) is 19.3. The first-order valence-corrected chi connectivity index (χ1v) is 8.95. The number of nitrogens with one attached hydrogen (secondary N) is 1. The molecule has 0 radical (unpaired) electrons. The number of para-hydroxylation sites is 1. The van der Waals surface area contributed by atoms with Gasteiger partial charge in [-0.15, -0.1) is 0 Å². The molecule has 28 heavy (non-hydrogen) atoms. The molecule has 9 heteroatoms. The van der Waals surface area contributed by atoms with Gasteiger partial charge in [-0.25, -0.2) is 9.97 Å². The largest absolute Gasteiger partial charge is 0.433 e. The van der Waals surface area contributed by atoms with Crippen molar-refractivity contribution in [2.45, 2.75) is 0 Å². The minimum atomic E-state index is -0.604. The summed E-state index contributed by atoms with van der Waals surface area (Å²) in [6.07, 6.45) is 1.35. The Kier molecular flexibility index (Phi) is 4.81. The van der Waals surface area contributed by atoms with E-state index < -0.39 is 4.92 Å². The molecule has 0 aliphatic heterocycles. The van der Waals surface area contributed by atoms with Crippen molar-refractivity contribution in [1.29, 1.82) is 0 Å². The molecule has 2 aromatic heterocycles. The maximum Gasteiger partial charge on any atom is 0.433 e. The van der Waals surface area contributed by atoms with Crippen LogP contribution in [0.15, 0.2) is 74.7 Å². The second kappa shape index (κ2) is 7.57. The smallest absolute Gasteiger partial charge is 0.400 e. The minimum absolute atomic E-state index is 0.254.